The van der Waals surface area contributed by atoms with E-state index in [4.69, 9.17) is 17.3 Å². The molecule has 3 N–H and O–H groups in total. The van der Waals surface area contributed by atoms with Crippen LogP contribution >= 0.6 is 22.9 Å². The van der Waals surface area contributed by atoms with Gasteiger partial charge >= 0.3 is 0 Å². The lowest BCUT2D eigenvalue weighted by molar-refractivity contribution is 0.102. The number of anilines is 2. The van der Waals surface area contributed by atoms with Crippen LogP contribution in [0.1, 0.15) is 35.8 Å². The second-order valence-corrected chi connectivity index (χ2v) is 5.54. The highest BCUT2D eigenvalue weighted by atomic mass is 35.5. The molecule has 100 valence electrons. The SMILES string of the molecule is CC(C)c1csc(NC(=O)c2cc(N)nc(Cl)c2)n1. The Morgan fingerprint density at radius 3 is 2.74 bits per heavy atom. The summed E-state index contributed by atoms with van der Waals surface area (Å²) in [6.45, 7) is 4.09. The Morgan fingerprint density at radius 1 is 1.42 bits per heavy atom. The molecule has 2 aromatic rings. The van der Waals surface area contributed by atoms with Crippen molar-refractivity contribution in [2.75, 3.05) is 11.1 Å². The molecule has 0 aliphatic rings. The molecule has 0 radical (unpaired) electrons. The van der Waals surface area contributed by atoms with Gasteiger partial charge in [-0.3, -0.25) is 10.1 Å². The minimum Gasteiger partial charge on any atom is -0.384 e. The van der Waals surface area contributed by atoms with Gasteiger partial charge in [0.15, 0.2) is 5.13 Å². The van der Waals surface area contributed by atoms with Crippen molar-refractivity contribution in [2.45, 2.75) is 19.8 Å². The number of hydrogen-bond donors (Lipinski definition) is 2. The van der Waals surface area contributed by atoms with Crippen molar-refractivity contribution < 1.29 is 4.79 Å². The lowest BCUT2D eigenvalue weighted by Crippen LogP contribution is -2.12. The highest BCUT2D eigenvalue weighted by Crippen LogP contribution is 2.22. The predicted molar refractivity (Wildman–Crippen MR) is 77.8 cm³/mol. The molecule has 7 heteroatoms. The Bertz CT molecular complexity index is 591. The van der Waals surface area contributed by atoms with E-state index in [0.717, 1.165) is 5.69 Å². The number of aromatic nitrogens is 2. The summed E-state index contributed by atoms with van der Waals surface area (Å²) in [5.41, 5.74) is 6.86. The molecule has 2 heterocycles. The quantitative estimate of drug-likeness (QED) is 0.853. The van der Waals surface area contributed by atoms with Crippen LogP contribution in [0.2, 0.25) is 5.15 Å². The van der Waals surface area contributed by atoms with Crippen LogP contribution in [-0.4, -0.2) is 15.9 Å². The summed E-state index contributed by atoms with van der Waals surface area (Å²) in [7, 11) is 0. The number of amides is 1. The average molecular weight is 297 g/mol. The molecule has 0 aliphatic carbocycles. The van der Waals surface area contributed by atoms with Crippen LogP contribution in [0, 0.1) is 0 Å². The number of carbonyl (C=O) groups excluding carboxylic acids is 1. The first-order valence-corrected chi connectivity index (χ1v) is 6.91. The Hall–Kier alpha value is -1.66. The fourth-order valence-corrected chi connectivity index (χ4v) is 2.51. The van der Waals surface area contributed by atoms with Gasteiger partial charge in [-0.2, -0.15) is 0 Å². The number of nitrogens with zero attached hydrogens (tertiary/aromatic N) is 2. The summed E-state index contributed by atoms with van der Waals surface area (Å²) in [6.07, 6.45) is 0. The van der Waals surface area contributed by atoms with Crippen molar-refractivity contribution in [1.82, 2.24) is 9.97 Å². The minimum atomic E-state index is -0.305. The van der Waals surface area contributed by atoms with E-state index in [1.165, 1.54) is 23.5 Å². The summed E-state index contributed by atoms with van der Waals surface area (Å²) in [5, 5.41) is 5.38. The zero-order chi connectivity index (χ0) is 14.0. The largest absolute Gasteiger partial charge is 0.384 e. The number of pyridine rings is 1. The zero-order valence-electron chi connectivity index (χ0n) is 10.5. The number of halogens is 1. The predicted octanol–water partition coefficient (Wildman–Crippen LogP) is 3.15. The molecule has 0 saturated carbocycles. The number of nitrogens with one attached hydrogen (secondary N) is 1. The molecule has 0 aliphatic heterocycles. The standard InChI is InChI=1S/C12H13ClN4OS/c1-6(2)8-5-19-12(15-8)17-11(18)7-3-9(13)16-10(14)4-7/h3-6H,1-2H3,(H2,14,16)(H,15,17,18). The first kappa shape index (κ1) is 13.8. The summed E-state index contributed by atoms with van der Waals surface area (Å²) < 4.78 is 0. The number of rotatable bonds is 3. The Morgan fingerprint density at radius 2 is 2.16 bits per heavy atom. The number of hydrogen-bond acceptors (Lipinski definition) is 5. The van der Waals surface area contributed by atoms with Crippen molar-refractivity contribution in [3.05, 3.63) is 33.9 Å². The molecule has 19 heavy (non-hydrogen) atoms. The summed E-state index contributed by atoms with van der Waals surface area (Å²) in [4.78, 5) is 20.1. The molecule has 0 spiro atoms. The van der Waals surface area contributed by atoms with Gasteiger partial charge < -0.3 is 5.73 Å². The van der Waals surface area contributed by atoms with E-state index >= 15 is 0 Å². The number of nitrogens with two attached hydrogens (primary N) is 1. The van der Waals surface area contributed by atoms with Gasteiger partial charge in [0.2, 0.25) is 0 Å². The molecule has 0 fully saturated rings. The molecule has 0 bridgehead atoms. The van der Waals surface area contributed by atoms with E-state index in [1.807, 2.05) is 19.2 Å². The summed E-state index contributed by atoms with van der Waals surface area (Å²) >= 11 is 7.15. The molecule has 0 atom stereocenters. The minimum absolute atomic E-state index is 0.187. The van der Waals surface area contributed by atoms with Crippen LogP contribution in [0.15, 0.2) is 17.5 Å². The van der Waals surface area contributed by atoms with E-state index in [9.17, 15) is 4.79 Å². The monoisotopic (exact) mass is 296 g/mol. The molecular formula is C12H13ClN4OS. The average Bonchev–Trinajstić information content (AvgIpc) is 2.76. The maximum absolute atomic E-state index is 12.0. The fraction of sp³-hybridized carbons (Fsp3) is 0.250. The van der Waals surface area contributed by atoms with Crippen LogP contribution in [0.4, 0.5) is 10.9 Å². The van der Waals surface area contributed by atoms with Gasteiger partial charge in [-0.1, -0.05) is 25.4 Å². The van der Waals surface area contributed by atoms with Crippen molar-refractivity contribution in [2.24, 2.45) is 0 Å². The molecule has 1 amide bonds. The van der Waals surface area contributed by atoms with Crippen LogP contribution in [-0.2, 0) is 0 Å². The van der Waals surface area contributed by atoms with Gasteiger partial charge in [0, 0.05) is 10.9 Å². The molecule has 0 unspecified atom stereocenters. The second-order valence-electron chi connectivity index (χ2n) is 4.29. The highest BCUT2D eigenvalue weighted by Gasteiger charge is 2.12. The van der Waals surface area contributed by atoms with Crippen LogP contribution in [0.5, 0.6) is 0 Å². The van der Waals surface area contributed by atoms with Crippen LogP contribution in [0.3, 0.4) is 0 Å². The third-order valence-electron chi connectivity index (χ3n) is 2.41. The van der Waals surface area contributed by atoms with Gasteiger partial charge in [0.1, 0.15) is 11.0 Å². The number of carbonyl (C=O) groups is 1. The first-order valence-electron chi connectivity index (χ1n) is 5.65. The van der Waals surface area contributed by atoms with Crippen molar-refractivity contribution in [1.29, 1.82) is 0 Å². The molecular weight excluding hydrogens is 284 g/mol. The summed E-state index contributed by atoms with van der Waals surface area (Å²) in [5.74, 6) is 0.230. The molecule has 5 nitrogen and oxygen atoms in total. The third kappa shape index (κ3) is 3.42. The second kappa shape index (κ2) is 5.54. The lowest BCUT2D eigenvalue weighted by Gasteiger charge is -2.03. The number of thiazole rings is 1. The van der Waals surface area contributed by atoms with Gasteiger partial charge in [0.05, 0.1) is 5.69 Å². The highest BCUT2D eigenvalue weighted by molar-refractivity contribution is 7.14. The Labute approximate surface area is 119 Å². The Balaban J connectivity index is 2.15. The van der Waals surface area contributed by atoms with Crippen molar-refractivity contribution in [3.63, 3.8) is 0 Å². The maximum atomic E-state index is 12.0. The van der Waals surface area contributed by atoms with Crippen molar-refractivity contribution >= 4 is 39.8 Å². The Kier molecular flexibility index (Phi) is 4.01. The van der Waals surface area contributed by atoms with Crippen molar-refractivity contribution in [3.8, 4) is 0 Å². The van der Waals surface area contributed by atoms with E-state index in [0.29, 0.717) is 16.6 Å². The van der Waals surface area contributed by atoms with Gasteiger partial charge in [-0.25, -0.2) is 9.97 Å². The molecule has 2 aromatic heterocycles. The third-order valence-corrected chi connectivity index (χ3v) is 3.38. The van der Waals surface area contributed by atoms with Crippen LogP contribution < -0.4 is 11.1 Å². The fourth-order valence-electron chi connectivity index (χ4n) is 1.43. The normalized spacial score (nSPS) is 10.7. The van der Waals surface area contributed by atoms with E-state index in [2.05, 4.69) is 15.3 Å². The van der Waals surface area contributed by atoms with Crippen LogP contribution in [0.25, 0.3) is 0 Å². The first-order chi connectivity index (χ1) is 8.95. The van der Waals surface area contributed by atoms with Gasteiger partial charge in [-0.05, 0) is 18.1 Å². The van der Waals surface area contributed by atoms with E-state index in [1.54, 1.807) is 0 Å². The van der Waals surface area contributed by atoms with Gasteiger partial charge in [0.25, 0.3) is 5.91 Å². The maximum Gasteiger partial charge on any atom is 0.257 e. The molecule has 0 aromatic carbocycles. The molecule has 0 saturated heterocycles. The van der Waals surface area contributed by atoms with E-state index < -0.39 is 0 Å². The topological polar surface area (TPSA) is 80.9 Å². The zero-order valence-corrected chi connectivity index (χ0v) is 12.0. The summed E-state index contributed by atoms with van der Waals surface area (Å²) in [6, 6.07) is 2.93. The van der Waals surface area contributed by atoms with E-state index in [-0.39, 0.29) is 16.9 Å². The smallest absolute Gasteiger partial charge is 0.257 e. The lowest BCUT2D eigenvalue weighted by atomic mass is 10.2. The van der Waals surface area contributed by atoms with Gasteiger partial charge in [-0.15, -0.1) is 11.3 Å². The number of nitrogen functional groups attached to an aromatic ring is 1. The molecule has 2 rings (SSSR count).